The third-order valence-electron chi connectivity index (χ3n) is 2.97. The maximum absolute atomic E-state index is 11.8. The number of nitrogens with one attached hydrogen (secondary N) is 2. The zero-order valence-corrected chi connectivity index (χ0v) is 12.1. The first-order valence-electron chi connectivity index (χ1n) is 6.32. The fourth-order valence-corrected chi connectivity index (χ4v) is 1.89. The molecule has 2 aromatic heterocycles. The monoisotopic (exact) mass is 277 g/mol. The van der Waals surface area contributed by atoms with Gasteiger partial charge in [-0.1, -0.05) is 0 Å². The molecule has 0 atom stereocenters. The number of amides is 2. The van der Waals surface area contributed by atoms with Crippen molar-refractivity contribution < 1.29 is 9.90 Å². The molecule has 0 aromatic carbocycles. The molecule has 0 fully saturated rings. The summed E-state index contributed by atoms with van der Waals surface area (Å²) in [6.07, 6.45) is 1.58. The van der Waals surface area contributed by atoms with Crippen LogP contribution in [0.15, 0.2) is 12.3 Å². The van der Waals surface area contributed by atoms with Gasteiger partial charge in [0, 0.05) is 12.4 Å². The van der Waals surface area contributed by atoms with E-state index < -0.39 is 5.54 Å². The summed E-state index contributed by atoms with van der Waals surface area (Å²) in [5, 5.41) is 19.7. The van der Waals surface area contributed by atoms with Crippen LogP contribution in [-0.4, -0.2) is 38.0 Å². The standard InChI is InChI=1S/C13H19N5O2/c1-8-10-5-9(6-14-11(10)18(4)17-8)15-12(20)16-13(2,3)7-19/h5-6,19H,7H2,1-4H3,(H2,15,16,20). The number of aryl methyl sites for hydroxylation is 2. The van der Waals surface area contributed by atoms with Crippen molar-refractivity contribution in [1.82, 2.24) is 20.1 Å². The Hall–Kier alpha value is -2.15. The van der Waals surface area contributed by atoms with Gasteiger partial charge in [0.25, 0.3) is 0 Å². The molecule has 0 aliphatic carbocycles. The van der Waals surface area contributed by atoms with E-state index >= 15 is 0 Å². The van der Waals surface area contributed by atoms with Gasteiger partial charge in [0.1, 0.15) is 0 Å². The lowest BCUT2D eigenvalue weighted by molar-refractivity contribution is 0.187. The minimum Gasteiger partial charge on any atom is -0.394 e. The third-order valence-corrected chi connectivity index (χ3v) is 2.97. The first kappa shape index (κ1) is 14.3. The Kier molecular flexibility index (Phi) is 3.63. The van der Waals surface area contributed by atoms with E-state index in [9.17, 15) is 4.79 Å². The van der Waals surface area contributed by atoms with E-state index in [-0.39, 0.29) is 12.6 Å². The molecule has 0 aliphatic rings. The van der Waals surface area contributed by atoms with Crippen molar-refractivity contribution in [3.8, 4) is 0 Å². The van der Waals surface area contributed by atoms with Crippen LogP contribution in [0, 0.1) is 6.92 Å². The largest absolute Gasteiger partial charge is 0.394 e. The number of urea groups is 1. The molecule has 2 amide bonds. The highest BCUT2D eigenvalue weighted by Gasteiger charge is 2.19. The van der Waals surface area contributed by atoms with Crippen LogP contribution in [-0.2, 0) is 7.05 Å². The van der Waals surface area contributed by atoms with Crippen LogP contribution in [0.2, 0.25) is 0 Å². The molecule has 2 heterocycles. The molecule has 0 spiro atoms. The van der Waals surface area contributed by atoms with Crippen LogP contribution >= 0.6 is 0 Å². The van der Waals surface area contributed by atoms with E-state index in [0.29, 0.717) is 5.69 Å². The van der Waals surface area contributed by atoms with Crippen molar-refractivity contribution in [2.45, 2.75) is 26.3 Å². The Balaban J connectivity index is 2.18. The van der Waals surface area contributed by atoms with Gasteiger partial charge >= 0.3 is 6.03 Å². The van der Waals surface area contributed by atoms with Crippen molar-refractivity contribution >= 4 is 22.8 Å². The second-order valence-corrected chi connectivity index (χ2v) is 5.43. The maximum Gasteiger partial charge on any atom is 0.319 e. The molecule has 7 nitrogen and oxygen atoms in total. The summed E-state index contributed by atoms with van der Waals surface area (Å²) in [5.41, 5.74) is 1.53. The molecule has 0 radical (unpaired) electrons. The number of nitrogens with zero attached hydrogens (tertiary/aromatic N) is 3. The van der Waals surface area contributed by atoms with E-state index in [1.807, 2.05) is 20.0 Å². The van der Waals surface area contributed by atoms with Crippen molar-refractivity contribution in [2.75, 3.05) is 11.9 Å². The Morgan fingerprint density at radius 1 is 1.50 bits per heavy atom. The van der Waals surface area contributed by atoms with Crippen molar-refractivity contribution in [1.29, 1.82) is 0 Å². The zero-order chi connectivity index (χ0) is 14.9. The summed E-state index contributed by atoms with van der Waals surface area (Å²) in [4.78, 5) is 16.1. The Morgan fingerprint density at radius 3 is 2.85 bits per heavy atom. The minimum absolute atomic E-state index is 0.139. The van der Waals surface area contributed by atoms with Gasteiger partial charge in [-0.05, 0) is 26.8 Å². The highest BCUT2D eigenvalue weighted by Crippen LogP contribution is 2.19. The second-order valence-electron chi connectivity index (χ2n) is 5.43. The number of aliphatic hydroxyl groups is 1. The van der Waals surface area contributed by atoms with E-state index in [1.54, 1.807) is 24.7 Å². The lowest BCUT2D eigenvalue weighted by Gasteiger charge is -2.23. The average molecular weight is 277 g/mol. The van der Waals surface area contributed by atoms with Gasteiger partial charge in [0.05, 0.1) is 29.7 Å². The van der Waals surface area contributed by atoms with Gasteiger partial charge in [-0.15, -0.1) is 0 Å². The van der Waals surface area contributed by atoms with Crippen LogP contribution in [0.4, 0.5) is 10.5 Å². The first-order valence-corrected chi connectivity index (χ1v) is 6.32. The smallest absolute Gasteiger partial charge is 0.319 e. The zero-order valence-electron chi connectivity index (χ0n) is 12.1. The number of aliphatic hydroxyl groups excluding tert-OH is 1. The lowest BCUT2D eigenvalue weighted by atomic mass is 10.1. The number of fused-ring (bicyclic) bond motifs is 1. The van der Waals surface area contributed by atoms with E-state index in [0.717, 1.165) is 16.7 Å². The fourth-order valence-electron chi connectivity index (χ4n) is 1.89. The predicted octanol–water partition coefficient (Wildman–Crippen LogP) is 1.17. The molecule has 7 heteroatoms. The molecule has 0 saturated carbocycles. The number of carbonyl (C=O) groups excluding carboxylic acids is 1. The summed E-state index contributed by atoms with van der Waals surface area (Å²) in [6, 6.07) is 1.45. The van der Waals surface area contributed by atoms with Crippen LogP contribution < -0.4 is 10.6 Å². The number of anilines is 1. The number of hydrogen-bond acceptors (Lipinski definition) is 4. The lowest BCUT2D eigenvalue weighted by Crippen LogP contribution is -2.48. The van der Waals surface area contributed by atoms with Gasteiger partial charge in [-0.3, -0.25) is 4.68 Å². The normalized spacial score (nSPS) is 11.7. The van der Waals surface area contributed by atoms with Crippen molar-refractivity contribution in [3.05, 3.63) is 18.0 Å². The van der Waals surface area contributed by atoms with Gasteiger partial charge < -0.3 is 15.7 Å². The third kappa shape index (κ3) is 2.88. The molecule has 3 N–H and O–H groups in total. The number of aromatic nitrogens is 3. The summed E-state index contributed by atoms with van der Waals surface area (Å²) < 4.78 is 1.70. The predicted molar refractivity (Wildman–Crippen MR) is 76.6 cm³/mol. The number of rotatable bonds is 3. The van der Waals surface area contributed by atoms with Gasteiger partial charge in [0.15, 0.2) is 5.65 Å². The minimum atomic E-state index is -0.675. The average Bonchev–Trinajstić information content (AvgIpc) is 2.64. The fraction of sp³-hybridized carbons (Fsp3) is 0.462. The number of hydrogen-bond donors (Lipinski definition) is 3. The molecular weight excluding hydrogens is 258 g/mol. The number of pyridine rings is 1. The first-order chi connectivity index (χ1) is 9.32. The van der Waals surface area contributed by atoms with E-state index in [2.05, 4.69) is 20.7 Å². The Labute approximate surface area is 117 Å². The Bertz CT molecular complexity index is 647. The summed E-state index contributed by atoms with van der Waals surface area (Å²) >= 11 is 0. The van der Waals surface area contributed by atoms with Crippen LogP contribution in [0.3, 0.4) is 0 Å². The van der Waals surface area contributed by atoms with Crippen LogP contribution in [0.5, 0.6) is 0 Å². The highest BCUT2D eigenvalue weighted by atomic mass is 16.3. The van der Waals surface area contributed by atoms with Gasteiger partial charge in [0.2, 0.25) is 0 Å². The van der Waals surface area contributed by atoms with E-state index in [1.165, 1.54) is 0 Å². The SMILES string of the molecule is Cc1nn(C)c2ncc(NC(=O)NC(C)(C)CO)cc12. The molecule has 0 bridgehead atoms. The van der Waals surface area contributed by atoms with Gasteiger partial charge in [-0.2, -0.15) is 5.10 Å². The highest BCUT2D eigenvalue weighted by molar-refractivity contribution is 5.92. The summed E-state index contributed by atoms with van der Waals surface area (Å²) in [7, 11) is 1.83. The Morgan fingerprint density at radius 2 is 2.20 bits per heavy atom. The molecular formula is C13H19N5O2. The van der Waals surface area contributed by atoms with Crippen LogP contribution in [0.1, 0.15) is 19.5 Å². The van der Waals surface area contributed by atoms with Crippen molar-refractivity contribution in [3.63, 3.8) is 0 Å². The number of carbonyl (C=O) groups is 1. The summed E-state index contributed by atoms with van der Waals surface area (Å²) in [5.74, 6) is 0. The molecule has 0 saturated heterocycles. The topological polar surface area (TPSA) is 92.1 Å². The molecule has 2 rings (SSSR count). The van der Waals surface area contributed by atoms with E-state index in [4.69, 9.17) is 5.11 Å². The van der Waals surface area contributed by atoms with Gasteiger partial charge in [-0.25, -0.2) is 9.78 Å². The van der Waals surface area contributed by atoms with Crippen LogP contribution in [0.25, 0.3) is 11.0 Å². The molecule has 20 heavy (non-hydrogen) atoms. The second kappa shape index (κ2) is 5.09. The maximum atomic E-state index is 11.8. The summed E-state index contributed by atoms with van der Waals surface area (Å²) in [6.45, 7) is 5.22. The molecule has 2 aromatic rings. The molecule has 108 valence electrons. The quantitative estimate of drug-likeness (QED) is 0.785. The molecule has 0 aliphatic heterocycles. The molecule has 0 unspecified atom stereocenters. The van der Waals surface area contributed by atoms with Crippen molar-refractivity contribution in [2.24, 2.45) is 7.05 Å².